The first kappa shape index (κ1) is 15.0. The maximum absolute atomic E-state index is 11.6. The van der Waals surface area contributed by atoms with E-state index in [1.807, 2.05) is 29.7 Å². The van der Waals surface area contributed by atoms with E-state index in [2.05, 4.69) is 10.3 Å². The third kappa shape index (κ3) is 3.65. The number of rotatable bonds is 2. The summed E-state index contributed by atoms with van der Waals surface area (Å²) < 4.78 is 10.7. The molecule has 118 valence electrons. The lowest BCUT2D eigenvalue weighted by atomic mass is 9.96. The fourth-order valence-electron chi connectivity index (χ4n) is 2.31. The van der Waals surface area contributed by atoms with Crippen LogP contribution in [-0.4, -0.2) is 24.8 Å². The molecule has 4 N–H and O–H groups in total. The number of urea groups is 1. The van der Waals surface area contributed by atoms with Gasteiger partial charge >= 0.3 is 6.03 Å². The van der Waals surface area contributed by atoms with Crippen LogP contribution in [0.25, 0.3) is 12.2 Å². The Hall–Kier alpha value is -2.90. The normalized spacial score (nSPS) is 18.4. The van der Waals surface area contributed by atoms with E-state index in [0.29, 0.717) is 30.3 Å². The van der Waals surface area contributed by atoms with Gasteiger partial charge in [-0.15, -0.1) is 0 Å². The van der Waals surface area contributed by atoms with Gasteiger partial charge in [0.05, 0.1) is 18.2 Å². The van der Waals surface area contributed by atoms with Gasteiger partial charge in [-0.2, -0.15) is 4.99 Å². The number of nitrogens with two attached hydrogens (primary N) is 1. The molecule has 1 aliphatic heterocycles. The number of hydrogen-bond acceptors (Lipinski definition) is 5. The number of furan rings is 2. The van der Waals surface area contributed by atoms with Crippen LogP contribution in [-0.2, 0) is 0 Å². The molecule has 23 heavy (non-hydrogen) atoms. The lowest BCUT2D eigenvalue weighted by Gasteiger charge is -2.21. The molecule has 3 heterocycles. The molecule has 2 amide bonds. The Morgan fingerprint density at radius 1 is 1.13 bits per heavy atom. The Kier molecular flexibility index (Phi) is 4.51. The number of hydrazine groups is 1. The van der Waals surface area contributed by atoms with Crippen molar-refractivity contribution >= 4 is 23.9 Å². The summed E-state index contributed by atoms with van der Waals surface area (Å²) in [4.78, 5) is 15.7. The number of piperidine rings is 1. The molecule has 3 rings (SSSR count). The van der Waals surface area contributed by atoms with Gasteiger partial charge in [0.15, 0.2) is 0 Å². The van der Waals surface area contributed by atoms with Gasteiger partial charge in [-0.3, -0.25) is 5.43 Å². The number of hydrogen-bond donors (Lipinski definition) is 3. The number of carbonyl (C=O) groups excluding carboxylic acids is 1. The molecule has 0 bridgehead atoms. The van der Waals surface area contributed by atoms with Gasteiger partial charge in [0, 0.05) is 13.1 Å². The number of amides is 2. The van der Waals surface area contributed by atoms with E-state index >= 15 is 0 Å². The molecule has 0 spiro atoms. The van der Waals surface area contributed by atoms with E-state index in [9.17, 15) is 4.79 Å². The van der Waals surface area contributed by atoms with Gasteiger partial charge in [-0.05, 0) is 47.6 Å². The third-order valence-electron chi connectivity index (χ3n) is 3.30. The van der Waals surface area contributed by atoms with Gasteiger partial charge in [-0.25, -0.2) is 10.6 Å². The quantitative estimate of drug-likeness (QED) is 0.446. The van der Waals surface area contributed by atoms with Gasteiger partial charge in [-0.1, -0.05) is 0 Å². The van der Waals surface area contributed by atoms with E-state index < -0.39 is 6.03 Å². The highest BCUT2D eigenvalue weighted by Crippen LogP contribution is 2.19. The summed E-state index contributed by atoms with van der Waals surface area (Å²) in [6.07, 6.45) is 6.85. The third-order valence-corrected chi connectivity index (χ3v) is 3.30. The molecule has 0 atom stereocenters. The highest BCUT2D eigenvalue weighted by Gasteiger charge is 2.20. The first-order chi connectivity index (χ1) is 11.3. The maximum atomic E-state index is 11.6. The van der Waals surface area contributed by atoms with Crippen molar-refractivity contribution in [3.63, 3.8) is 0 Å². The molecule has 1 saturated heterocycles. The number of nitrogens with one attached hydrogen (secondary N) is 2. The second kappa shape index (κ2) is 6.91. The average molecular weight is 312 g/mol. The Balaban J connectivity index is 2.02. The van der Waals surface area contributed by atoms with Crippen LogP contribution in [0, 0.1) is 0 Å². The topological polar surface area (TPSA) is 106 Å². The first-order valence-corrected chi connectivity index (χ1v) is 7.05. The SMILES string of the molecule is NNC(=O)N=C1/C(=C/c2ccco2)CNC/C1=C\c1ccco1. The van der Waals surface area contributed by atoms with Crippen LogP contribution >= 0.6 is 0 Å². The Labute approximate surface area is 132 Å². The highest BCUT2D eigenvalue weighted by molar-refractivity contribution is 6.20. The van der Waals surface area contributed by atoms with Crippen molar-refractivity contribution in [2.45, 2.75) is 0 Å². The van der Waals surface area contributed by atoms with Crippen molar-refractivity contribution in [2.24, 2.45) is 10.8 Å². The van der Waals surface area contributed by atoms with Crippen LogP contribution in [0.15, 0.2) is 61.8 Å². The summed E-state index contributed by atoms with van der Waals surface area (Å²) in [5.74, 6) is 6.52. The zero-order valence-corrected chi connectivity index (χ0v) is 12.3. The number of nitrogens with zero attached hydrogens (tertiary/aromatic N) is 1. The van der Waals surface area contributed by atoms with Crippen LogP contribution in [0.5, 0.6) is 0 Å². The summed E-state index contributed by atoms with van der Waals surface area (Å²) >= 11 is 0. The maximum Gasteiger partial charge on any atom is 0.355 e. The zero-order valence-electron chi connectivity index (χ0n) is 12.3. The van der Waals surface area contributed by atoms with Crippen molar-refractivity contribution in [1.82, 2.24) is 10.7 Å². The minimum Gasteiger partial charge on any atom is -0.465 e. The Morgan fingerprint density at radius 3 is 2.13 bits per heavy atom. The van der Waals surface area contributed by atoms with E-state index in [4.69, 9.17) is 14.7 Å². The average Bonchev–Trinajstić information content (AvgIpc) is 3.24. The fraction of sp³-hybridized carbons (Fsp3) is 0.125. The lowest BCUT2D eigenvalue weighted by molar-refractivity contribution is 0.249. The summed E-state index contributed by atoms with van der Waals surface area (Å²) in [6.45, 7) is 1.12. The van der Waals surface area contributed by atoms with E-state index in [1.165, 1.54) is 0 Å². The molecule has 2 aromatic rings. The van der Waals surface area contributed by atoms with Crippen LogP contribution < -0.4 is 16.6 Å². The Morgan fingerprint density at radius 2 is 1.70 bits per heavy atom. The molecule has 0 aliphatic carbocycles. The standard InChI is InChI=1S/C16H16N4O3/c17-20-16(21)19-15-11(7-13-3-1-5-22-13)9-18-10-12(15)8-14-4-2-6-23-14/h1-8,18H,9-10,17H2,(H,20,21)/b11-7+,12-8+. The minimum absolute atomic E-state index is 0.555. The predicted octanol–water partition coefficient (Wildman–Crippen LogP) is 1.97. The van der Waals surface area contributed by atoms with Gasteiger partial charge in [0.2, 0.25) is 0 Å². The second-order valence-electron chi connectivity index (χ2n) is 4.88. The van der Waals surface area contributed by atoms with Crippen LogP contribution in [0.4, 0.5) is 4.79 Å². The van der Waals surface area contributed by atoms with Crippen LogP contribution in [0.3, 0.4) is 0 Å². The van der Waals surface area contributed by atoms with E-state index in [0.717, 1.165) is 11.1 Å². The molecule has 0 saturated carbocycles. The monoisotopic (exact) mass is 312 g/mol. The van der Waals surface area contributed by atoms with Gasteiger partial charge in [0.25, 0.3) is 0 Å². The zero-order chi connectivity index (χ0) is 16.1. The van der Waals surface area contributed by atoms with E-state index in [-0.39, 0.29) is 0 Å². The molecule has 1 aliphatic rings. The van der Waals surface area contributed by atoms with Crippen molar-refractivity contribution in [3.05, 3.63) is 59.5 Å². The summed E-state index contributed by atoms with van der Waals surface area (Å²) in [7, 11) is 0. The molecule has 0 radical (unpaired) electrons. The van der Waals surface area contributed by atoms with Crippen LogP contribution in [0.1, 0.15) is 11.5 Å². The van der Waals surface area contributed by atoms with Crippen molar-refractivity contribution in [1.29, 1.82) is 0 Å². The summed E-state index contributed by atoms with van der Waals surface area (Å²) in [5, 5.41) is 3.27. The molecular formula is C16H16N4O3. The smallest absolute Gasteiger partial charge is 0.355 e. The molecule has 1 fully saturated rings. The number of aliphatic imine (C=N–C) groups is 1. The van der Waals surface area contributed by atoms with Crippen LogP contribution in [0.2, 0.25) is 0 Å². The van der Waals surface area contributed by atoms with Crippen molar-refractivity contribution < 1.29 is 13.6 Å². The van der Waals surface area contributed by atoms with Crippen molar-refractivity contribution in [2.75, 3.05) is 13.1 Å². The molecule has 0 aromatic carbocycles. The van der Waals surface area contributed by atoms with Crippen molar-refractivity contribution in [3.8, 4) is 0 Å². The summed E-state index contributed by atoms with van der Waals surface area (Å²) in [5.41, 5.74) is 4.23. The fourth-order valence-corrected chi connectivity index (χ4v) is 2.31. The minimum atomic E-state index is -0.613. The highest BCUT2D eigenvalue weighted by atomic mass is 16.3. The molecule has 0 unspecified atom stereocenters. The lowest BCUT2D eigenvalue weighted by Crippen LogP contribution is -2.35. The summed E-state index contributed by atoms with van der Waals surface area (Å²) in [6, 6.07) is 6.64. The second-order valence-corrected chi connectivity index (χ2v) is 4.88. The largest absolute Gasteiger partial charge is 0.465 e. The molecule has 7 heteroatoms. The molecular weight excluding hydrogens is 296 g/mol. The van der Waals surface area contributed by atoms with Gasteiger partial charge in [0.1, 0.15) is 11.5 Å². The Bertz CT molecular complexity index is 701. The first-order valence-electron chi connectivity index (χ1n) is 7.05. The molecule has 2 aromatic heterocycles. The van der Waals surface area contributed by atoms with E-state index in [1.54, 1.807) is 24.7 Å². The number of carbonyl (C=O) groups is 1. The predicted molar refractivity (Wildman–Crippen MR) is 86.4 cm³/mol. The van der Waals surface area contributed by atoms with Gasteiger partial charge < -0.3 is 14.2 Å². The molecule has 7 nitrogen and oxygen atoms in total.